The minimum Gasteiger partial charge on any atom is -0.491 e. The fourth-order valence-corrected chi connectivity index (χ4v) is 6.59. The van der Waals surface area contributed by atoms with Crippen molar-refractivity contribution in [1.82, 2.24) is 24.3 Å². The number of halogens is 2. The number of rotatable bonds is 9. The lowest BCUT2D eigenvalue weighted by atomic mass is 10.1. The Morgan fingerprint density at radius 1 is 0.957 bits per heavy atom. The number of H-pyrrole nitrogens is 1. The highest BCUT2D eigenvalue weighted by atomic mass is 35.5. The number of aromatic nitrogens is 5. The smallest absolute Gasteiger partial charge is 0.347 e. The first kappa shape index (κ1) is 30.4. The molecular weight excluding hydrogens is 629 g/mol. The highest BCUT2D eigenvalue weighted by Crippen LogP contribution is 2.40. The lowest BCUT2D eigenvalue weighted by molar-refractivity contribution is -0.189. The number of anilines is 2. The van der Waals surface area contributed by atoms with Gasteiger partial charge < -0.3 is 28.6 Å². The molecule has 2 saturated heterocycles. The van der Waals surface area contributed by atoms with E-state index in [4.69, 9.17) is 37.4 Å². The van der Waals surface area contributed by atoms with E-state index in [1.54, 1.807) is 36.1 Å². The van der Waals surface area contributed by atoms with Crippen LogP contribution < -0.4 is 20.2 Å². The van der Waals surface area contributed by atoms with E-state index in [1.807, 2.05) is 41.1 Å². The zero-order valence-electron chi connectivity index (χ0n) is 25.2. The van der Waals surface area contributed by atoms with Crippen LogP contribution in [0.3, 0.4) is 0 Å². The van der Waals surface area contributed by atoms with Crippen molar-refractivity contribution in [1.29, 1.82) is 0 Å². The summed E-state index contributed by atoms with van der Waals surface area (Å²) in [5.74, 6) is 0.296. The number of hydrogen-bond acceptors (Lipinski definition) is 8. The molecule has 5 aromatic rings. The Morgan fingerprint density at radius 2 is 1.63 bits per heavy atom. The molecule has 0 aliphatic carbocycles. The average Bonchev–Trinajstić information content (AvgIpc) is 3.82. The predicted octanol–water partition coefficient (Wildman–Crippen LogP) is 5.05. The molecule has 1 N–H and O–H groups in total. The van der Waals surface area contributed by atoms with Gasteiger partial charge in [-0.2, -0.15) is 5.10 Å². The Balaban J connectivity index is 0.937. The molecule has 0 spiro atoms. The second kappa shape index (κ2) is 12.8. The maximum absolute atomic E-state index is 12.1. The summed E-state index contributed by atoms with van der Waals surface area (Å²) >= 11 is 12.8. The standard InChI is InChI=1S/C33H33Cl2N7O4/c1-23-37-38-32(43)42(23)27-5-3-25(4-6-27)40-14-16-41(17-15-40)26-7-9-28(10-8-26)44-19-29-20-45-33(46-29,21-39-13-12-36-22-39)30-11-2-24(34)18-31(30)35/h2-13,18,22,29H,14-17,19-21H2,1H3,(H,38,43)/t29-,33-/m1/s1. The monoisotopic (exact) mass is 661 g/mol. The third-order valence-corrected chi connectivity index (χ3v) is 8.93. The van der Waals surface area contributed by atoms with Crippen LogP contribution in [0.15, 0.2) is 90.2 Å². The molecule has 0 saturated carbocycles. The van der Waals surface area contributed by atoms with Crippen molar-refractivity contribution < 1.29 is 14.2 Å². The maximum atomic E-state index is 12.1. The van der Waals surface area contributed by atoms with Crippen LogP contribution in [0.2, 0.25) is 10.0 Å². The van der Waals surface area contributed by atoms with Crippen molar-refractivity contribution in [2.75, 3.05) is 49.2 Å². The van der Waals surface area contributed by atoms with Crippen molar-refractivity contribution in [3.63, 3.8) is 0 Å². The zero-order chi connectivity index (χ0) is 31.7. The third kappa shape index (κ3) is 6.23. The molecule has 2 aromatic heterocycles. The highest BCUT2D eigenvalue weighted by Gasteiger charge is 2.45. The van der Waals surface area contributed by atoms with E-state index in [1.165, 1.54) is 0 Å². The maximum Gasteiger partial charge on any atom is 0.347 e. The molecule has 11 nitrogen and oxygen atoms in total. The van der Waals surface area contributed by atoms with E-state index in [9.17, 15) is 4.79 Å². The Bertz CT molecular complexity index is 1840. The number of benzene rings is 3. The van der Waals surface area contributed by atoms with Crippen LogP contribution in [0.5, 0.6) is 5.75 Å². The first-order valence-corrected chi connectivity index (χ1v) is 15.8. The molecular formula is C33H33Cl2N7O4. The Hall–Kier alpha value is -4.29. The molecule has 4 heterocycles. The van der Waals surface area contributed by atoms with E-state index in [0.717, 1.165) is 49.0 Å². The minimum atomic E-state index is -1.09. The normalized spacial score (nSPS) is 19.9. The molecule has 3 aromatic carbocycles. The fourth-order valence-electron chi connectivity index (χ4n) is 6.03. The summed E-state index contributed by atoms with van der Waals surface area (Å²) in [5.41, 5.74) is 3.55. The number of nitrogens with zero attached hydrogens (tertiary/aromatic N) is 6. The van der Waals surface area contributed by atoms with Crippen LogP contribution in [0, 0.1) is 6.92 Å². The highest BCUT2D eigenvalue weighted by molar-refractivity contribution is 6.35. The molecule has 238 valence electrons. The van der Waals surface area contributed by atoms with Crippen LogP contribution in [0.25, 0.3) is 5.69 Å². The number of piperazine rings is 1. The molecule has 46 heavy (non-hydrogen) atoms. The van der Waals surface area contributed by atoms with Gasteiger partial charge in [0.05, 0.1) is 30.2 Å². The van der Waals surface area contributed by atoms with Crippen molar-refractivity contribution in [2.45, 2.75) is 25.4 Å². The van der Waals surface area contributed by atoms with Gasteiger partial charge >= 0.3 is 5.69 Å². The van der Waals surface area contributed by atoms with Crippen LogP contribution in [-0.4, -0.2) is 69.8 Å². The molecule has 0 amide bonds. The number of nitrogens with one attached hydrogen (secondary N) is 1. The van der Waals surface area contributed by atoms with E-state index in [0.29, 0.717) is 41.2 Å². The largest absolute Gasteiger partial charge is 0.491 e. The van der Waals surface area contributed by atoms with E-state index >= 15 is 0 Å². The van der Waals surface area contributed by atoms with Gasteiger partial charge in [-0.05, 0) is 67.6 Å². The Morgan fingerprint density at radius 3 is 2.24 bits per heavy atom. The molecule has 2 atom stereocenters. The molecule has 2 fully saturated rings. The Labute approximate surface area is 275 Å². The lowest BCUT2D eigenvalue weighted by Gasteiger charge is -2.37. The first-order valence-electron chi connectivity index (χ1n) is 15.1. The molecule has 13 heteroatoms. The fraction of sp³-hybridized carbons (Fsp3) is 0.303. The zero-order valence-corrected chi connectivity index (χ0v) is 26.7. The van der Waals surface area contributed by atoms with Gasteiger partial charge in [0.1, 0.15) is 24.3 Å². The summed E-state index contributed by atoms with van der Waals surface area (Å²) in [6.45, 7) is 6.41. The SMILES string of the molecule is Cc1n[nH]c(=O)n1-c1ccc(N2CCN(c3ccc(OC[C@@H]4CO[C@@](Cn5ccnc5)(c5ccc(Cl)cc5Cl)O4)cc3)CC2)cc1. The second-order valence-electron chi connectivity index (χ2n) is 11.4. The summed E-state index contributed by atoms with van der Waals surface area (Å²) in [5, 5.41) is 7.49. The van der Waals surface area contributed by atoms with Crippen LogP contribution in [0.4, 0.5) is 11.4 Å². The molecule has 2 aliphatic heterocycles. The van der Waals surface area contributed by atoms with Gasteiger partial charge in [-0.15, -0.1) is 0 Å². The van der Waals surface area contributed by atoms with Gasteiger partial charge in [0.15, 0.2) is 0 Å². The average molecular weight is 663 g/mol. The van der Waals surface area contributed by atoms with E-state index in [-0.39, 0.29) is 11.8 Å². The van der Waals surface area contributed by atoms with Gasteiger partial charge in [0.2, 0.25) is 5.79 Å². The predicted molar refractivity (Wildman–Crippen MR) is 176 cm³/mol. The number of ether oxygens (including phenoxy) is 3. The molecule has 2 aliphatic rings. The minimum absolute atomic E-state index is 0.237. The number of aryl methyl sites for hydroxylation is 1. The molecule has 0 radical (unpaired) electrons. The van der Waals surface area contributed by atoms with E-state index < -0.39 is 5.79 Å². The molecule has 7 rings (SSSR count). The van der Waals surface area contributed by atoms with Gasteiger partial charge in [-0.3, -0.25) is 0 Å². The quantitative estimate of drug-likeness (QED) is 0.234. The third-order valence-electron chi connectivity index (χ3n) is 8.38. The van der Waals surface area contributed by atoms with Crippen LogP contribution in [-0.2, 0) is 21.8 Å². The topological polar surface area (TPSA) is 103 Å². The van der Waals surface area contributed by atoms with Crippen molar-refractivity contribution in [2.24, 2.45) is 0 Å². The summed E-state index contributed by atoms with van der Waals surface area (Å²) < 4.78 is 22.4. The second-order valence-corrected chi connectivity index (χ2v) is 12.2. The van der Waals surface area contributed by atoms with E-state index in [2.05, 4.69) is 49.2 Å². The molecule has 0 unspecified atom stereocenters. The summed E-state index contributed by atoms with van der Waals surface area (Å²) in [6, 6.07) is 21.5. The number of aromatic amines is 1. The first-order chi connectivity index (χ1) is 22.4. The number of imidazole rings is 1. The van der Waals surface area contributed by atoms with Gasteiger partial charge in [-0.25, -0.2) is 19.4 Å². The summed E-state index contributed by atoms with van der Waals surface area (Å²) in [7, 11) is 0. The van der Waals surface area contributed by atoms with Gasteiger partial charge in [-0.1, -0.05) is 29.3 Å². The summed E-state index contributed by atoms with van der Waals surface area (Å²) in [4.78, 5) is 20.9. The Kier molecular flexibility index (Phi) is 8.48. The lowest BCUT2D eigenvalue weighted by Crippen LogP contribution is -2.46. The van der Waals surface area contributed by atoms with Crippen molar-refractivity contribution >= 4 is 34.6 Å². The van der Waals surface area contributed by atoms with Crippen LogP contribution >= 0.6 is 23.2 Å². The van der Waals surface area contributed by atoms with Gasteiger partial charge in [0.25, 0.3) is 0 Å². The number of hydrogen-bond donors (Lipinski definition) is 1. The van der Waals surface area contributed by atoms with Crippen LogP contribution in [0.1, 0.15) is 11.4 Å². The summed E-state index contributed by atoms with van der Waals surface area (Å²) in [6.07, 6.45) is 4.98. The van der Waals surface area contributed by atoms with Crippen molar-refractivity contribution in [3.05, 3.63) is 117 Å². The van der Waals surface area contributed by atoms with Crippen molar-refractivity contribution in [3.8, 4) is 11.4 Å². The van der Waals surface area contributed by atoms with Gasteiger partial charge in [0, 0.05) is 60.5 Å². The molecule has 0 bridgehead atoms.